The van der Waals surface area contributed by atoms with Gasteiger partial charge in [0.2, 0.25) is 10.0 Å². The van der Waals surface area contributed by atoms with Crippen molar-refractivity contribution in [2.45, 2.75) is 37.2 Å². The maximum Gasteiger partial charge on any atom is 0.244 e. The molecule has 1 aromatic carbocycles. The van der Waals surface area contributed by atoms with E-state index < -0.39 is 10.0 Å². The fourth-order valence-corrected chi connectivity index (χ4v) is 4.72. The Balaban J connectivity index is 1.99. The number of hydrogen-bond acceptors (Lipinski definition) is 3. The fraction of sp³-hybridized carbons (Fsp3) is 0.333. The van der Waals surface area contributed by atoms with Crippen LogP contribution in [0.4, 0.5) is 0 Å². The molecule has 6 heteroatoms. The van der Waals surface area contributed by atoms with Gasteiger partial charge in [-0.3, -0.25) is 0 Å². The van der Waals surface area contributed by atoms with E-state index in [0.717, 1.165) is 22.9 Å². The van der Waals surface area contributed by atoms with Gasteiger partial charge in [0.15, 0.2) is 0 Å². The largest absolute Gasteiger partial charge is 0.468 e. The maximum absolute atomic E-state index is 13.0. The van der Waals surface area contributed by atoms with Crippen molar-refractivity contribution >= 4 is 26.0 Å². The van der Waals surface area contributed by atoms with Crippen LogP contribution in [0.1, 0.15) is 24.2 Å². The zero-order valence-corrected chi connectivity index (χ0v) is 14.0. The van der Waals surface area contributed by atoms with E-state index in [1.54, 1.807) is 28.8 Å². The number of halogens is 1. The molecule has 1 saturated carbocycles. The van der Waals surface area contributed by atoms with Crippen molar-refractivity contribution < 1.29 is 12.8 Å². The molecule has 4 nitrogen and oxygen atoms in total. The molecule has 112 valence electrons. The standard InChI is InChI=1S/C15H16BrNO3S/c1-11-4-5-12(16)9-15(11)21(18,19)17(13-6-7-13)10-14-3-2-8-20-14/h2-5,8-9,13H,6-7,10H2,1H3. The van der Waals surface area contributed by atoms with Crippen molar-refractivity contribution in [2.24, 2.45) is 0 Å². The minimum atomic E-state index is -3.52. The molecule has 1 fully saturated rings. The second kappa shape index (κ2) is 5.59. The van der Waals surface area contributed by atoms with Crippen molar-refractivity contribution in [1.82, 2.24) is 4.31 Å². The second-order valence-electron chi connectivity index (χ2n) is 5.27. The van der Waals surface area contributed by atoms with Crippen molar-refractivity contribution in [2.75, 3.05) is 0 Å². The molecule has 0 atom stereocenters. The fourth-order valence-electron chi connectivity index (χ4n) is 2.31. The lowest BCUT2D eigenvalue weighted by Gasteiger charge is -2.22. The molecule has 1 aromatic heterocycles. The van der Waals surface area contributed by atoms with Crippen LogP contribution in [-0.4, -0.2) is 18.8 Å². The molecular weight excluding hydrogens is 354 g/mol. The van der Waals surface area contributed by atoms with Crippen LogP contribution in [-0.2, 0) is 16.6 Å². The molecule has 0 spiro atoms. The number of benzene rings is 1. The molecule has 0 amide bonds. The Hall–Kier alpha value is -1.11. The molecule has 3 rings (SSSR count). The van der Waals surface area contributed by atoms with E-state index in [9.17, 15) is 8.42 Å². The topological polar surface area (TPSA) is 50.5 Å². The zero-order chi connectivity index (χ0) is 15.0. The van der Waals surface area contributed by atoms with Crippen LogP contribution in [0, 0.1) is 6.92 Å². The number of furan rings is 1. The normalized spacial score (nSPS) is 15.6. The Morgan fingerprint density at radius 2 is 2.10 bits per heavy atom. The second-order valence-corrected chi connectivity index (χ2v) is 8.05. The monoisotopic (exact) mass is 369 g/mol. The van der Waals surface area contributed by atoms with Gasteiger partial charge in [-0.1, -0.05) is 22.0 Å². The van der Waals surface area contributed by atoms with Gasteiger partial charge in [0, 0.05) is 10.5 Å². The van der Waals surface area contributed by atoms with E-state index in [2.05, 4.69) is 15.9 Å². The summed E-state index contributed by atoms with van der Waals surface area (Å²) in [5, 5.41) is 0. The first-order valence-electron chi connectivity index (χ1n) is 6.79. The van der Waals surface area contributed by atoms with E-state index in [4.69, 9.17) is 4.42 Å². The first-order valence-corrected chi connectivity index (χ1v) is 9.02. The molecule has 0 radical (unpaired) electrons. The average molecular weight is 370 g/mol. The Kier molecular flexibility index (Phi) is 3.94. The van der Waals surface area contributed by atoms with E-state index in [0.29, 0.717) is 10.7 Å². The lowest BCUT2D eigenvalue weighted by Crippen LogP contribution is -2.33. The quantitative estimate of drug-likeness (QED) is 0.806. The average Bonchev–Trinajstić information content (AvgIpc) is 3.14. The molecular formula is C15H16BrNO3S. The van der Waals surface area contributed by atoms with Gasteiger partial charge >= 0.3 is 0 Å². The van der Waals surface area contributed by atoms with Crippen LogP contribution >= 0.6 is 15.9 Å². The number of aryl methyl sites for hydroxylation is 1. The number of nitrogens with zero attached hydrogens (tertiary/aromatic N) is 1. The lowest BCUT2D eigenvalue weighted by atomic mass is 10.2. The molecule has 0 saturated heterocycles. The Morgan fingerprint density at radius 1 is 1.33 bits per heavy atom. The molecule has 1 aliphatic carbocycles. The minimum absolute atomic E-state index is 0.0819. The highest BCUT2D eigenvalue weighted by molar-refractivity contribution is 9.10. The van der Waals surface area contributed by atoms with Gasteiger partial charge in [-0.25, -0.2) is 8.42 Å². The summed E-state index contributed by atoms with van der Waals surface area (Å²) in [7, 11) is -3.52. The predicted molar refractivity (Wildman–Crippen MR) is 83.3 cm³/mol. The Labute approximate surface area is 132 Å². The smallest absolute Gasteiger partial charge is 0.244 e. The van der Waals surface area contributed by atoms with Crippen molar-refractivity contribution in [3.63, 3.8) is 0 Å². The third-order valence-electron chi connectivity index (χ3n) is 3.58. The summed E-state index contributed by atoms with van der Waals surface area (Å²) in [5.74, 6) is 0.665. The van der Waals surface area contributed by atoms with Gasteiger partial charge < -0.3 is 4.42 Å². The summed E-state index contributed by atoms with van der Waals surface area (Å²) >= 11 is 3.35. The predicted octanol–water partition coefficient (Wildman–Crippen LogP) is 3.70. The van der Waals surface area contributed by atoms with Gasteiger partial charge in [-0.15, -0.1) is 0 Å². The molecule has 1 aliphatic rings. The SMILES string of the molecule is Cc1ccc(Br)cc1S(=O)(=O)N(Cc1ccco1)C1CC1. The molecule has 0 bridgehead atoms. The highest BCUT2D eigenvalue weighted by atomic mass is 79.9. The van der Waals surface area contributed by atoms with Crippen LogP contribution in [0.3, 0.4) is 0 Å². The van der Waals surface area contributed by atoms with Crippen LogP contribution in [0.15, 0.2) is 50.4 Å². The van der Waals surface area contributed by atoms with Gasteiger partial charge in [0.1, 0.15) is 5.76 Å². The van der Waals surface area contributed by atoms with E-state index in [1.807, 2.05) is 19.1 Å². The first-order chi connectivity index (χ1) is 9.98. The Bertz CT molecular complexity index is 736. The van der Waals surface area contributed by atoms with Crippen LogP contribution in [0.25, 0.3) is 0 Å². The van der Waals surface area contributed by atoms with Gasteiger partial charge in [0.05, 0.1) is 17.7 Å². The molecule has 0 unspecified atom stereocenters. The molecule has 0 aliphatic heterocycles. The highest BCUT2D eigenvalue weighted by Crippen LogP contribution is 2.35. The van der Waals surface area contributed by atoms with E-state index in [1.165, 1.54) is 0 Å². The van der Waals surface area contributed by atoms with Gasteiger partial charge in [0.25, 0.3) is 0 Å². The third-order valence-corrected chi connectivity index (χ3v) is 6.12. The number of rotatable bonds is 5. The van der Waals surface area contributed by atoms with Crippen LogP contribution in [0.5, 0.6) is 0 Å². The van der Waals surface area contributed by atoms with Crippen molar-refractivity contribution in [3.8, 4) is 0 Å². The van der Waals surface area contributed by atoms with Crippen molar-refractivity contribution in [3.05, 3.63) is 52.4 Å². The summed E-state index contributed by atoms with van der Waals surface area (Å²) in [4.78, 5) is 0.357. The maximum atomic E-state index is 13.0. The number of sulfonamides is 1. The third kappa shape index (κ3) is 3.07. The molecule has 2 aromatic rings. The summed E-state index contributed by atoms with van der Waals surface area (Å²) in [5.41, 5.74) is 0.753. The van der Waals surface area contributed by atoms with Crippen LogP contribution in [0.2, 0.25) is 0 Å². The van der Waals surface area contributed by atoms with Crippen molar-refractivity contribution in [1.29, 1.82) is 0 Å². The lowest BCUT2D eigenvalue weighted by molar-refractivity contribution is 0.356. The molecule has 0 N–H and O–H groups in total. The molecule has 1 heterocycles. The van der Waals surface area contributed by atoms with E-state index in [-0.39, 0.29) is 12.6 Å². The minimum Gasteiger partial charge on any atom is -0.468 e. The van der Waals surface area contributed by atoms with E-state index >= 15 is 0 Å². The highest BCUT2D eigenvalue weighted by Gasteiger charge is 2.39. The zero-order valence-electron chi connectivity index (χ0n) is 11.6. The van der Waals surface area contributed by atoms with Crippen LogP contribution < -0.4 is 0 Å². The van der Waals surface area contributed by atoms with Gasteiger partial charge in [-0.2, -0.15) is 4.31 Å². The molecule has 21 heavy (non-hydrogen) atoms. The summed E-state index contributed by atoms with van der Waals surface area (Å²) in [6, 6.07) is 8.99. The summed E-state index contributed by atoms with van der Waals surface area (Å²) in [6.45, 7) is 2.10. The summed E-state index contributed by atoms with van der Waals surface area (Å²) < 4.78 is 33.6. The Morgan fingerprint density at radius 3 is 2.71 bits per heavy atom. The van der Waals surface area contributed by atoms with Gasteiger partial charge in [-0.05, 0) is 49.6 Å². The summed E-state index contributed by atoms with van der Waals surface area (Å²) in [6.07, 6.45) is 3.39. The number of hydrogen-bond donors (Lipinski definition) is 0. The first kappa shape index (κ1) is 14.8.